The molecule has 5 rings (SSSR count). The number of amides is 2. The van der Waals surface area contributed by atoms with Gasteiger partial charge in [0.25, 0.3) is 5.91 Å². The van der Waals surface area contributed by atoms with Gasteiger partial charge in [-0.15, -0.1) is 0 Å². The van der Waals surface area contributed by atoms with Crippen molar-refractivity contribution in [1.82, 2.24) is 20.2 Å². The molecule has 1 saturated carbocycles. The van der Waals surface area contributed by atoms with Gasteiger partial charge < -0.3 is 20.4 Å². The van der Waals surface area contributed by atoms with Crippen molar-refractivity contribution in [1.29, 1.82) is 0 Å². The summed E-state index contributed by atoms with van der Waals surface area (Å²) in [5.74, 6) is 1.97. The Hall–Kier alpha value is -3.16. The van der Waals surface area contributed by atoms with Gasteiger partial charge >= 0.3 is 0 Å². The predicted octanol–water partition coefficient (Wildman–Crippen LogP) is 2.56. The van der Waals surface area contributed by atoms with Gasteiger partial charge in [-0.3, -0.25) is 9.59 Å². The van der Waals surface area contributed by atoms with Crippen LogP contribution >= 0.6 is 0 Å². The maximum atomic E-state index is 12.7. The van der Waals surface area contributed by atoms with Crippen molar-refractivity contribution in [3.8, 4) is 0 Å². The number of benzene rings is 1. The summed E-state index contributed by atoms with van der Waals surface area (Å²) < 4.78 is 0. The Morgan fingerprint density at radius 1 is 1.03 bits per heavy atom. The number of piperazine rings is 1. The van der Waals surface area contributed by atoms with Gasteiger partial charge in [0, 0.05) is 55.1 Å². The van der Waals surface area contributed by atoms with E-state index in [1.165, 1.54) is 0 Å². The number of fused-ring (bicyclic) bond motifs is 2. The fourth-order valence-electron chi connectivity index (χ4n) is 4.67. The lowest BCUT2D eigenvalue weighted by molar-refractivity contribution is -0.135. The second-order valence-corrected chi connectivity index (χ2v) is 8.61. The van der Waals surface area contributed by atoms with Gasteiger partial charge in [0.1, 0.15) is 5.82 Å². The number of hydrogen-bond acceptors (Lipinski definition) is 6. The Labute approximate surface area is 182 Å². The first-order chi connectivity index (χ1) is 15.1. The first-order valence-corrected chi connectivity index (χ1v) is 11.2. The molecule has 2 bridgehead atoms. The second-order valence-electron chi connectivity index (χ2n) is 8.61. The van der Waals surface area contributed by atoms with Crippen LogP contribution in [0.1, 0.15) is 43.0 Å². The van der Waals surface area contributed by atoms with Gasteiger partial charge in [-0.1, -0.05) is 0 Å². The SMILES string of the molecule is CCNC(=O)c1ccc(Nc2nccc(N3CC4CCC(C3)N4C(=O)C3CC3)n2)cc1. The number of nitrogens with one attached hydrogen (secondary N) is 2. The zero-order valence-electron chi connectivity index (χ0n) is 17.8. The monoisotopic (exact) mass is 420 g/mol. The van der Waals surface area contributed by atoms with E-state index < -0.39 is 0 Å². The summed E-state index contributed by atoms with van der Waals surface area (Å²) in [6.45, 7) is 4.15. The number of anilines is 3. The van der Waals surface area contributed by atoms with Crippen LogP contribution in [0.2, 0.25) is 0 Å². The Morgan fingerprint density at radius 3 is 2.39 bits per heavy atom. The van der Waals surface area contributed by atoms with Crippen molar-refractivity contribution in [2.24, 2.45) is 5.92 Å². The highest BCUT2D eigenvalue weighted by Crippen LogP contribution is 2.38. The number of rotatable bonds is 6. The van der Waals surface area contributed by atoms with Crippen LogP contribution < -0.4 is 15.5 Å². The van der Waals surface area contributed by atoms with Crippen LogP contribution in [0.25, 0.3) is 0 Å². The fourth-order valence-corrected chi connectivity index (χ4v) is 4.67. The van der Waals surface area contributed by atoms with Gasteiger partial charge in [0.05, 0.1) is 0 Å². The van der Waals surface area contributed by atoms with Crippen LogP contribution in [0.4, 0.5) is 17.5 Å². The molecule has 1 aromatic carbocycles. The van der Waals surface area contributed by atoms with Crippen LogP contribution in [0.15, 0.2) is 36.5 Å². The van der Waals surface area contributed by atoms with E-state index in [0.717, 1.165) is 50.3 Å². The molecule has 8 heteroatoms. The molecule has 2 amide bonds. The predicted molar refractivity (Wildman–Crippen MR) is 118 cm³/mol. The summed E-state index contributed by atoms with van der Waals surface area (Å²) in [6.07, 6.45) is 6.03. The van der Waals surface area contributed by atoms with E-state index in [4.69, 9.17) is 4.98 Å². The molecule has 3 fully saturated rings. The Morgan fingerprint density at radius 2 is 1.74 bits per heavy atom. The molecule has 2 saturated heterocycles. The van der Waals surface area contributed by atoms with Crippen LogP contribution in [0.3, 0.4) is 0 Å². The number of hydrogen-bond donors (Lipinski definition) is 2. The molecule has 3 heterocycles. The molecule has 31 heavy (non-hydrogen) atoms. The van der Waals surface area contributed by atoms with E-state index in [2.05, 4.69) is 25.4 Å². The molecule has 2 aliphatic heterocycles. The van der Waals surface area contributed by atoms with E-state index in [1.54, 1.807) is 18.3 Å². The minimum atomic E-state index is -0.0822. The van der Waals surface area contributed by atoms with E-state index >= 15 is 0 Å². The van der Waals surface area contributed by atoms with Crippen molar-refractivity contribution < 1.29 is 9.59 Å². The molecule has 2 aromatic rings. The van der Waals surface area contributed by atoms with Gasteiger partial charge in [-0.2, -0.15) is 4.98 Å². The van der Waals surface area contributed by atoms with Gasteiger partial charge in [-0.25, -0.2) is 4.98 Å². The molecule has 0 spiro atoms. The lowest BCUT2D eigenvalue weighted by Crippen LogP contribution is -2.56. The highest BCUT2D eigenvalue weighted by molar-refractivity contribution is 5.94. The lowest BCUT2D eigenvalue weighted by atomic mass is 10.1. The summed E-state index contributed by atoms with van der Waals surface area (Å²) in [5.41, 5.74) is 1.45. The minimum absolute atomic E-state index is 0.0822. The van der Waals surface area contributed by atoms with Crippen LogP contribution in [-0.4, -0.2) is 58.4 Å². The normalized spacial score (nSPS) is 22.4. The zero-order valence-corrected chi connectivity index (χ0v) is 17.8. The highest BCUT2D eigenvalue weighted by atomic mass is 16.2. The van der Waals surface area contributed by atoms with Crippen molar-refractivity contribution in [2.45, 2.75) is 44.7 Å². The van der Waals surface area contributed by atoms with Gasteiger partial charge in [-0.05, 0) is 62.9 Å². The maximum Gasteiger partial charge on any atom is 0.251 e. The third-order valence-corrected chi connectivity index (χ3v) is 6.37. The molecule has 2 unspecified atom stereocenters. The standard InChI is InChI=1S/C23H28N6O2/c1-2-24-21(30)15-5-7-17(8-6-15)26-23-25-12-11-20(27-23)28-13-18-9-10-19(14-28)29(18)22(31)16-3-4-16/h5-8,11-12,16,18-19H,2-4,9-10,13-14H2,1H3,(H,24,30)(H,25,26,27). The largest absolute Gasteiger partial charge is 0.352 e. The number of aromatic nitrogens is 2. The first-order valence-electron chi connectivity index (χ1n) is 11.2. The number of carbonyl (C=O) groups is 2. The molecule has 8 nitrogen and oxygen atoms in total. The number of nitrogens with zero attached hydrogens (tertiary/aromatic N) is 4. The van der Waals surface area contributed by atoms with E-state index in [0.29, 0.717) is 36.0 Å². The van der Waals surface area contributed by atoms with Crippen molar-refractivity contribution >= 4 is 29.3 Å². The van der Waals surface area contributed by atoms with Crippen molar-refractivity contribution in [3.63, 3.8) is 0 Å². The molecule has 2 N–H and O–H groups in total. The smallest absolute Gasteiger partial charge is 0.251 e. The van der Waals surface area contributed by atoms with E-state index in [9.17, 15) is 9.59 Å². The van der Waals surface area contributed by atoms with Crippen LogP contribution in [0, 0.1) is 5.92 Å². The summed E-state index contributed by atoms with van der Waals surface area (Å²) in [4.78, 5) is 38.1. The van der Waals surface area contributed by atoms with Crippen molar-refractivity contribution in [3.05, 3.63) is 42.1 Å². The Balaban J connectivity index is 1.26. The molecule has 3 aliphatic rings. The minimum Gasteiger partial charge on any atom is -0.352 e. The number of carbonyl (C=O) groups excluding carboxylic acids is 2. The molecule has 162 valence electrons. The third-order valence-electron chi connectivity index (χ3n) is 6.37. The molecule has 1 aromatic heterocycles. The van der Waals surface area contributed by atoms with Crippen LogP contribution in [0.5, 0.6) is 0 Å². The van der Waals surface area contributed by atoms with E-state index in [1.807, 2.05) is 25.1 Å². The average molecular weight is 421 g/mol. The third kappa shape index (κ3) is 4.06. The summed E-state index contributed by atoms with van der Waals surface area (Å²) in [6, 6.07) is 9.78. The Bertz CT molecular complexity index is 960. The molecule has 0 radical (unpaired) electrons. The Kier molecular flexibility index (Phi) is 5.21. The average Bonchev–Trinajstić information content (AvgIpc) is 3.59. The summed E-state index contributed by atoms with van der Waals surface area (Å²) in [7, 11) is 0. The second kappa shape index (κ2) is 8.17. The quantitative estimate of drug-likeness (QED) is 0.747. The molecular weight excluding hydrogens is 392 g/mol. The maximum absolute atomic E-state index is 12.7. The highest BCUT2D eigenvalue weighted by Gasteiger charge is 2.46. The van der Waals surface area contributed by atoms with E-state index in [-0.39, 0.29) is 11.8 Å². The fraction of sp³-hybridized carbons (Fsp3) is 0.478. The molecule has 1 aliphatic carbocycles. The molecule has 2 atom stereocenters. The summed E-state index contributed by atoms with van der Waals surface area (Å²) in [5, 5.41) is 6.02. The van der Waals surface area contributed by atoms with Crippen LogP contribution in [-0.2, 0) is 4.79 Å². The first kappa shape index (κ1) is 19.8. The van der Waals surface area contributed by atoms with Gasteiger partial charge in [0.2, 0.25) is 11.9 Å². The lowest BCUT2D eigenvalue weighted by Gasteiger charge is -2.41. The molecular formula is C23H28N6O2. The van der Waals surface area contributed by atoms with Crippen molar-refractivity contribution in [2.75, 3.05) is 29.9 Å². The summed E-state index contributed by atoms with van der Waals surface area (Å²) >= 11 is 0. The van der Waals surface area contributed by atoms with Gasteiger partial charge in [0.15, 0.2) is 0 Å². The topological polar surface area (TPSA) is 90.5 Å². The zero-order chi connectivity index (χ0) is 21.4.